The zero-order valence-electron chi connectivity index (χ0n) is 7.49. The van der Waals surface area contributed by atoms with Crippen LogP contribution in [-0.2, 0) is 11.2 Å². The van der Waals surface area contributed by atoms with Gasteiger partial charge in [0.2, 0.25) is 0 Å². The molecule has 2 rings (SSSR count). The van der Waals surface area contributed by atoms with Crippen LogP contribution in [0.2, 0.25) is 0 Å². The highest BCUT2D eigenvalue weighted by Crippen LogP contribution is 2.35. The molecule has 0 N–H and O–H groups in total. The van der Waals surface area contributed by atoms with E-state index in [0.29, 0.717) is 12.2 Å². The van der Waals surface area contributed by atoms with Gasteiger partial charge in [-0.25, -0.2) is 0 Å². The van der Waals surface area contributed by atoms with Crippen LogP contribution in [0.4, 0.5) is 0 Å². The van der Waals surface area contributed by atoms with Gasteiger partial charge in [0.25, 0.3) is 0 Å². The first kappa shape index (κ1) is 8.24. The molecule has 0 aliphatic heterocycles. The van der Waals surface area contributed by atoms with E-state index in [4.69, 9.17) is 0 Å². The number of benzene rings is 1. The van der Waals surface area contributed by atoms with E-state index in [0.717, 1.165) is 6.42 Å². The van der Waals surface area contributed by atoms with Crippen molar-refractivity contribution in [2.45, 2.75) is 18.8 Å². The van der Waals surface area contributed by atoms with Crippen molar-refractivity contribution in [2.75, 3.05) is 0 Å². The molecule has 1 aliphatic rings. The van der Waals surface area contributed by atoms with Crippen molar-refractivity contribution >= 4 is 5.78 Å². The summed E-state index contributed by atoms with van der Waals surface area (Å²) < 4.78 is 0. The van der Waals surface area contributed by atoms with Gasteiger partial charge < -0.3 is 0 Å². The van der Waals surface area contributed by atoms with Crippen LogP contribution >= 0.6 is 0 Å². The van der Waals surface area contributed by atoms with Gasteiger partial charge >= 0.3 is 0 Å². The maximum atomic E-state index is 11.5. The van der Waals surface area contributed by atoms with Crippen molar-refractivity contribution in [3.8, 4) is 0 Å². The Kier molecular flexibility index (Phi) is 2.01. The third-order valence-electron chi connectivity index (χ3n) is 2.59. The van der Waals surface area contributed by atoms with Crippen LogP contribution in [0.25, 0.3) is 0 Å². The van der Waals surface area contributed by atoms with E-state index >= 15 is 0 Å². The first-order chi connectivity index (χ1) is 6.33. The number of hydrogen-bond donors (Lipinski definition) is 0. The van der Waals surface area contributed by atoms with Gasteiger partial charge in [-0.05, 0) is 17.5 Å². The predicted octanol–water partition coefficient (Wildman–Crippen LogP) is 2.47. The van der Waals surface area contributed by atoms with Crippen LogP contribution in [0.15, 0.2) is 36.9 Å². The Morgan fingerprint density at radius 1 is 1.54 bits per heavy atom. The van der Waals surface area contributed by atoms with Gasteiger partial charge in [-0.15, -0.1) is 6.58 Å². The maximum Gasteiger partial charge on any atom is 0.144 e. The van der Waals surface area contributed by atoms with Crippen LogP contribution in [0, 0.1) is 0 Å². The molecule has 1 nitrogen and oxygen atoms in total. The monoisotopic (exact) mass is 172 g/mol. The summed E-state index contributed by atoms with van der Waals surface area (Å²) in [6.45, 7) is 3.58. The fourth-order valence-electron chi connectivity index (χ4n) is 1.83. The molecular weight excluding hydrogens is 160 g/mol. The highest BCUT2D eigenvalue weighted by Gasteiger charge is 2.30. The summed E-state index contributed by atoms with van der Waals surface area (Å²) in [5.74, 6) is 0.447. The van der Waals surface area contributed by atoms with Gasteiger partial charge in [0, 0.05) is 12.3 Å². The second-order valence-electron chi connectivity index (χ2n) is 3.41. The molecule has 1 heteroatoms. The zero-order chi connectivity index (χ0) is 9.26. The lowest BCUT2D eigenvalue weighted by Crippen LogP contribution is -2.24. The Labute approximate surface area is 78.1 Å². The fraction of sp³-hybridized carbons (Fsp3) is 0.250. The van der Waals surface area contributed by atoms with E-state index < -0.39 is 0 Å². The minimum atomic E-state index is 0.147. The van der Waals surface area contributed by atoms with Crippen molar-refractivity contribution in [3.63, 3.8) is 0 Å². The SMILES string of the molecule is C=CCC(=O)C1Cc2ccccc21. The lowest BCUT2D eigenvalue weighted by Gasteiger charge is -2.28. The Bertz CT molecular complexity index is 352. The van der Waals surface area contributed by atoms with Crippen LogP contribution in [0.1, 0.15) is 23.5 Å². The maximum absolute atomic E-state index is 11.5. The van der Waals surface area contributed by atoms with E-state index in [-0.39, 0.29) is 5.92 Å². The second-order valence-corrected chi connectivity index (χ2v) is 3.41. The van der Waals surface area contributed by atoms with E-state index in [9.17, 15) is 4.79 Å². The zero-order valence-corrected chi connectivity index (χ0v) is 7.49. The number of Topliss-reactive ketones (excluding diaryl/α,β-unsaturated/α-hetero) is 1. The number of hydrogen-bond acceptors (Lipinski definition) is 1. The largest absolute Gasteiger partial charge is 0.299 e. The highest BCUT2D eigenvalue weighted by atomic mass is 16.1. The molecule has 1 aromatic carbocycles. The van der Waals surface area contributed by atoms with Crippen molar-refractivity contribution < 1.29 is 4.79 Å². The first-order valence-corrected chi connectivity index (χ1v) is 4.54. The van der Waals surface area contributed by atoms with Crippen molar-refractivity contribution in [1.82, 2.24) is 0 Å². The third-order valence-corrected chi connectivity index (χ3v) is 2.59. The Morgan fingerprint density at radius 2 is 2.31 bits per heavy atom. The molecular formula is C12H12O. The molecule has 0 amide bonds. The summed E-state index contributed by atoms with van der Waals surface area (Å²) in [6.07, 6.45) is 3.10. The van der Waals surface area contributed by atoms with Gasteiger partial charge in [-0.1, -0.05) is 30.3 Å². The summed E-state index contributed by atoms with van der Waals surface area (Å²) in [4.78, 5) is 11.5. The minimum Gasteiger partial charge on any atom is -0.299 e. The summed E-state index contributed by atoms with van der Waals surface area (Å²) in [7, 11) is 0. The number of rotatable bonds is 3. The van der Waals surface area contributed by atoms with Crippen LogP contribution in [0.5, 0.6) is 0 Å². The summed E-state index contributed by atoms with van der Waals surface area (Å²) in [6, 6.07) is 8.15. The molecule has 1 atom stereocenters. The van der Waals surface area contributed by atoms with Gasteiger partial charge in [0.1, 0.15) is 5.78 Å². The molecule has 1 aromatic rings. The Morgan fingerprint density at radius 3 is 3.00 bits per heavy atom. The summed E-state index contributed by atoms with van der Waals surface area (Å²) >= 11 is 0. The molecule has 0 saturated heterocycles. The molecule has 0 bridgehead atoms. The van der Waals surface area contributed by atoms with Crippen molar-refractivity contribution in [1.29, 1.82) is 0 Å². The summed E-state index contributed by atoms with van der Waals surface area (Å²) in [5, 5.41) is 0. The predicted molar refractivity (Wildman–Crippen MR) is 52.7 cm³/mol. The van der Waals surface area contributed by atoms with Crippen molar-refractivity contribution in [2.24, 2.45) is 0 Å². The molecule has 0 fully saturated rings. The number of carbonyl (C=O) groups is 1. The van der Waals surface area contributed by atoms with Crippen molar-refractivity contribution in [3.05, 3.63) is 48.0 Å². The third kappa shape index (κ3) is 1.31. The Balaban J connectivity index is 2.17. The smallest absolute Gasteiger partial charge is 0.144 e. The average molecular weight is 172 g/mol. The molecule has 0 radical (unpaired) electrons. The fourth-order valence-corrected chi connectivity index (χ4v) is 1.83. The van der Waals surface area contributed by atoms with E-state index in [1.54, 1.807) is 6.08 Å². The quantitative estimate of drug-likeness (QED) is 0.640. The molecule has 1 aliphatic carbocycles. The van der Waals surface area contributed by atoms with Gasteiger partial charge in [0.15, 0.2) is 0 Å². The van der Waals surface area contributed by atoms with Gasteiger partial charge in [0.05, 0.1) is 0 Å². The number of fused-ring (bicyclic) bond motifs is 1. The first-order valence-electron chi connectivity index (χ1n) is 4.54. The number of ketones is 1. The molecule has 1 unspecified atom stereocenters. The Hall–Kier alpha value is -1.37. The normalized spacial score (nSPS) is 18.6. The van der Waals surface area contributed by atoms with Crippen LogP contribution < -0.4 is 0 Å². The molecule has 0 heterocycles. The van der Waals surface area contributed by atoms with E-state index in [1.165, 1.54) is 11.1 Å². The molecule has 13 heavy (non-hydrogen) atoms. The number of carbonyl (C=O) groups excluding carboxylic acids is 1. The minimum absolute atomic E-state index is 0.147. The molecule has 66 valence electrons. The lowest BCUT2D eigenvalue weighted by atomic mass is 9.74. The molecule has 0 saturated carbocycles. The topological polar surface area (TPSA) is 17.1 Å². The lowest BCUT2D eigenvalue weighted by molar-refractivity contribution is -0.120. The highest BCUT2D eigenvalue weighted by molar-refractivity contribution is 5.89. The number of allylic oxidation sites excluding steroid dienone is 1. The average Bonchev–Trinajstić information content (AvgIpc) is 2.07. The van der Waals surface area contributed by atoms with E-state index in [2.05, 4.69) is 12.6 Å². The second kappa shape index (κ2) is 3.17. The standard InChI is InChI=1S/C12H12O/c1-2-5-12(13)11-8-9-6-3-4-7-10(9)11/h2-4,6-7,11H,1,5,8H2. The molecule has 0 aromatic heterocycles. The van der Waals surface area contributed by atoms with Gasteiger partial charge in [-0.2, -0.15) is 0 Å². The van der Waals surface area contributed by atoms with Gasteiger partial charge in [-0.3, -0.25) is 4.79 Å². The molecule has 0 spiro atoms. The van der Waals surface area contributed by atoms with Crippen LogP contribution in [0.3, 0.4) is 0 Å². The summed E-state index contributed by atoms with van der Waals surface area (Å²) in [5.41, 5.74) is 2.54. The van der Waals surface area contributed by atoms with E-state index in [1.807, 2.05) is 18.2 Å². The van der Waals surface area contributed by atoms with Crippen LogP contribution in [-0.4, -0.2) is 5.78 Å².